The van der Waals surface area contributed by atoms with Crippen molar-refractivity contribution in [2.45, 2.75) is 6.54 Å². The maximum absolute atomic E-state index is 6.01. The van der Waals surface area contributed by atoms with Crippen molar-refractivity contribution in [3.63, 3.8) is 0 Å². The second kappa shape index (κ2) is 4.75. The number of halogens is 1. The van der Waals surface area contributed by atoms with E-state index in [1.807, 2.05) is 24.3 Å². The highest BCUT2D eigenvalue weighted by Gasteiger charge is 1.99. The summed E-state index contributed by atoms with van der Waals surface area (Å²) in [5.41, 5.74) is 1.03. The van der Waals surface area contributed by atoms with E-state index in [2.05, 4.69) is 15.3 Å². The Hall–Kier alpha value is -1.61. The molecule has 0 fully saturated rings. The van der Waals surface area contributed by atoms with Gasteiger partial charge in [0, 0.05) is 24.0 Å². The maximum Gasteiger partial charge on any atom is 0.222 e. The molecule has 0 radical (unpaired) electrons. The van der Waals surface area contributed by atoms with Crippen molar-refractivity contribution >= 4 is 17.5 Å². The lowest BCUT2D eigenvalue weighted by atomic mass is 10.2. The Morgan fingerprint density at radius 2 is 1.80 bits per heavy atom. The highest BCUT2D eigenvalue weighted by molar-refractivity contribution is 6.31. The lowest BCUT2D eigenvalue weighted by Gasteiger charge is -2.05. The molecule has 1 aromatic carbocycles. The minimum atomic E-state index is 0.609. The lowest BCUT2D eigenvalue weighted by Crippen LogP contribution is -2.03. The van der Waals surface area contributed by atoms with Crippen LogP contribution in [-0.4, -0.2) is 9.97 Å². The van der Waals surface area contributed by atoms with Crippen molar-refractivity contribution < 1.29 is 0 Å². The highest BCUT2D eigenvalue weighted by Crippen LogP contribution is 2.15. The molecule has 0 spiro atoms. The van der Waals surface area contributed by atoms with E-state index < -0.39 is 0 Å². The number of hydrogen-bond acceptors (Lipinski definition) is 3. The summed E-state index contributed by atoms with van der Waals surface area (Å²) in [6.07, 6.45) is 3.39. The molecule has 1 aromatic heterocycles. The van der Waals surface area contributed by atoms with Crippen LogP contribution in [0.4, 0.5) is 5.95 Å². The SMILES string of the molecule is Clc1ccccc1CNc1ncccn1. The lowest BCUT2D eigenvalue weighted by molar-refractivity contribution is 1.05. The fourth-order valence-corrected chi connectivity index (χ4v) is 1.41. The van der Waals surface area contributed by atoms with Gasteiger partial charge in [-0.3, -0.25) is 0 Å². The number of anilines is 1. The molecule has 0 unspecified atom stereocenters. The second-order valence-corrected chi connectivity index (χ2v) is 3.42. The summed E-state index contributed by atoms with van der Waals surface area (Å²) >= 11 is 6.01. The summed E-state index contributed by atoms with van der Waals surface area (Å²) in [4.78, 5) is 8.12. The fourth-order valence-electron chi connectivity index (χ4n) is 1.21. The van der Waals surface area contributed by atoms with E-state index in [1.54, 1.807) is 18.5 Å². The van der Waals surface area contributed by atoms with E-state index in [0.717, 1.165) is 10.6 Å². The standard InChI is InChI=1S/C11H10ClN3/c12-10-5-2-1-4-9(10)8-15-11-13-6-3-7-14-11/h1-7H,8H2,(H,13,14,15). The minimum absolute atomic E-state index is 0.609. The summed E-state index contributed by atoms with van der Waals surface area (Å²) in [6, 6.07) is 9.48. The molecule has 0 atom stereocenters. The molecule has 3 nitrogen and oxygen atoms in total. The molecule has 0 aliphatic rings. The average molecular weight is 220 g/mol. The Labute approximate surface area is 93.1 Å². The third kappa shape index (κ3) is 2.67. The molecule has 15 heavy (non-hydrogen) atoms. The fraction of sp³-hybridized carbons (Fsp3) is 0.0909. The normalized spacial score (nSPS) is 9.93. The first-order valence-corrected chi connectivity index (χ1v) is 4.98. The van der Waals surface area contributed by atoms with Gasteiger partial charge in [-0.25, -0.2) is 9.97 Å². The van der Waals surface area contributed by atoms with Crippen LogP contribution in [0, 0.1) is 0 Å². The molecule has 1 heterocycles. The van der Waals surface area contributed by atoms with Crippen molar-refractivity contribution in [2.75, 3.05) is 5.32 Å². The van der Waals surface area contributed by atoms with Gasteiger partial charge in [0.05, 0.1) is 0 Å². The highest BCUT2D eigenvalue weighted by atomic mass is 35.5. The van der Waals surface area contributed by atoms with Gasteiger partial charge in [-0.05, 0) is 17.7 Å². The zero-order chi connectivity index (χ0) is 10.5. The van der Waals surface area contributed by atoms with Gasteiger partial charge in [0.15, 0.2) is 0 Å². The Bertz CT molecular complexity index is 431. The smallest absolute Gasteiger partial charge is 0.222 e. The average Bonchev–Trinajstić information content (AvgIpc) is 2.29. The molecule has 1 N–H and O–H groups in total. The molecule has 2 aromatic rings. The van der Waals surface area contributed by atoms with Gasteiger partial charge in [0.2, 0.25) is 5.95 Å². The van der Waals surface area contributed by atoms with E-state index >= 15 is 0 Å². The third-order valence-corrected chi connectivity index (χ3v) is 2.33. The van der Waals surface area contributed by atoms with Gasteiger partial charge in [0.1, 0.15) is 0 Å². The summed E-state index contributed by atoms with van der Waals surface area (Å²) in [5.74, 6) is 0.609. The molecule has 0 saturated carbocycles. The minimum Gasteiger partial charge on any atom is -0.350 e. The Kier molecular flexibility index (Phi) is 3.15. The Morgan fingerprint density at radius 3 is 2.53 bits per heavy atom. The number of rotatable bonds is 3. The predicted molar refractivity (Wildman–Crippen MR) is 60.8 cm³/mol. The summed E-state index contributed by atoms with van der Waals surface area (Å²) in [7, 11) is 0. The van der Waals surface area contributed by atoms with E-state index in [1.165, 1.54) is 0 Å². The number of hydrogen-bond donors (Lipinski definition) is 1. The van der Waals surface area contributed by atoms with Gasteiger partial charge >= 0.3 is 0 Å². The molecule has 0 bridgehead atoms. The maximum atomic E-state index is 6.01. The summed E-state index contributed by atoms with van der Waals surface area (Å²) in [5, 5.41) is 3.85. The summed E-state index contributed by atoms with van der Waals surface area (Å²) < 4.78 is 0. The second-order valence-electron chi connectivity index (χ2n) is 3.02. The topological polar surface area (TPSA) is 37.8 Å². The molecular weight excluding hydrogens is 210 g/mol. The predicted octanol–water partition coefficient (Wildman–Crippen LogP) is 2.74. The van der Waals surface area contributed by atoms with Crippen LogP contribution < -0.4 is 5.32 Å². The van der Waals surface area contributed by atoms with E-state index in [0.29, 0.717) is 12.5 Å². The van der Waals surface area contributed by atoms with E-state index in [-0.39, 0.29) is 0 Å². The number of nitrogens with zero attached hydrogens (tertiary/aromatic N) is 2. The van der Waals surface area contributed by atoms with Crippen molar-refractivity contribution in [3.8, 4) is 0 Å². The van der Waals surface area contributed by atoms with Crippen LogP contribution in [0.3, 0.4) is 0 Å². The van der Waals surface area contributed by atoms with Gasteiger partial charge in [-0.15, -0.1) is 0 Å². The Morgan fingerprint density at radius 1 is 1.07 bits per heavy atom. The molecule has 0 aliphatic carbocycles. The first kappa shape index (κ1) is 9.93. The molecular formula is C11H10ClN3. The molecule has 0 amide bonds. The van der Waals surface area contributed by atoms with Crippen LogP contribution in [0.5, 0.6) is 0 Å². The zero-order valence-corrected chi connectivity index (χ0v) is 8.78. The first-order chi connectivity index (χ1) is 7.36. The quantitative estimate of drug-likeness (QED) is 0.863. The van der Waals surface area contributed by atoms with Crippen molar-refractivity contribution in [1.29, 1.82) is 0 Å². The molecule has 0 aliphatic heterocycles. The van der Waals surface area contributed by atoms with Crippen LogP contribution >= 0.6 is 11.6 Å². The van der Waals surface area contributed by atoms with Crippen LogP contribution in [0.25, 0.3) is 0 Å². The van der Waals surface area contributed by atoms with E-state index in [9.17, 15) is 0 Å². The van der Waals surface area contributed by atoms with Gasteiger partial charge in [-0.2, -0.15) is 0 Å². The molecule has 2 rings (SSSR count). The monoisotopic (exact) mass is 219 g/mol. The molecule has 76 valence electrons. The zero-order valence-electron chi connectivity index (χ0n) is 8.02. The van der Waals surface area contributed by atoms with Crippen molar-refractivity contribution in [2.24, 2.45) is 0 Å². The number of nitrogens with one attached hydrogen (secondary N) is 1. The van der Waals surface area contributed by atoms with Gasteiger partial charge in [-0.1, -0.05) is 29.8 Å². The van der Waals surface area contributed by atoms with Crippen LogP contribution in [-0.2, 0) is 6.54 Å². The number of benzene rings is 1. The molecule has 4 heteroatoms. The third-order valence-electron chi connectivity index (χ3n) is 1.96. The van der Waals surface area contributed by atoms with Crippen molar-refractivity contribution in [1.82, 2.24) is 9.97 Å². The molecule has 0 saturated heterocycles. The van der Waals surface area contributed by atoms with E-state index in [4.69, 9.17) is 11.6 Å². The Balaban J connectivity index is 2.03. The van der Waals surface area contributed by atoms with Crippen LogP contribution in [0.1, 0.15) is 5.56 Å². The van der Waals surface area contributed by atoms with Gasteiger partial charge in [0.25, 0.3) is 0 Å². The largest absolute Gasteiger partial charge is 0.350 e. The van der Waals surface area contributed by atoms with Crippen LogP contribution in [0.15, 0.2) is 42.7 Å². The summed E-state index contributed by atoms with van der Waals surface area (Å²) in [6.45, 7) is 0.629. The van der Waals surface area contributed by atoms with Crippen LogP contribution in [0.2, 0.25) is 5.02 Å². The van der Waals surface area contributed by atoms with Gasteiger partial charge < -0.3 is 5.32 Å². The van der Waals surface area contributed by atoms with Crippen molar-refractivity contribution in [3.05, 3.63) is 53.3 Å². The number of aromatic nitrogens is 2. The first-order valence-electron chi connectivity index (χ1n) is 4.60.